The van der Waals surface area contributed by atoms with Gasteiger partial charge < -0.3 is 15.2 Å². The van der Waals surface area contributed by atoms with Crippen LogP contribution in [0.15, 0.2) is 59.5 Å². The Balaban J connectivity index is 2.21. The van der Waals surface area contributed by atoms with Crippen LogP contribution in [0, 0.1) is 0 Å². The van der Waals surface area contributed by atoms with E-state index in [1.54, 1.807) is 48.5 Å². The number of aliphatic carboxylic acids is 1. The summed E-state index contributed by atoms with van der Waals surface area (Å²) in [5.41, 5.74) is 0.452. The first-order chi connectivity index (χ1) is 12.9. The minimum absolute atomic E-state index is 0.209. The number of amides is 1. The number of carbonyl (C=O) groups excluding carboxylic acids is 1. The van der Waals surface area contributed by atoms with Crippen molar-refractivity contribution < 1.29 is 19.4 Å². The predicted octanol–water partition coefficient (Wildman–Crippen LogP) is 2.20. The summed E-state index contributed by atoms with van der Waals surface area (Å²) in [6.07, 6.45) is 1.42. The number of carboxylic acid groups (broad SMARTS) is 1. The molecule has 3 aromatic rings. The van der Waals surface area contributed by atoms with E-state index in [1.165, 1.54) is 24.8 Å². The molecule has 138 valence electrons. The fourth-order valence-electron chi connectivity index (χ4n) is 2.76. The smallest absolute Gasteiger partial charge is 0.325 e. The maximum absolute atomic E-state index is 12.9. The van der Waals surface area contributed by atoms with Crippen molar-refractivity contribution in [3.8, 4) is 11.4 Å². The highest BCUT2D eigenvalue weighted by Gasteiger charge is 2.19. The minimum Gasteiger partial charge on any atom is -0.497 e. The Morgan fingerprint density at radius 1 is 1.11 bits per heavy atom. The Kier molecular flexibility index (Phi) is 4.94. The number of aromatic nitrogens is 1. The average Bonchev–Trinajstić information content (AvgIpc) is 2.68. The van der Waals surface area contributed by atoms with Crippen molar-refractivity contribution in [3.05, 3.63) is 70.6 Å². The Morgan fingerprint density at radius 2 is 1.81 bits per heavy atom. The molecule has 0 aliphatic rings. The van der Waals surface area contributed by atoms with Gasteiger partial charge in [0.2, 0.25) is 0 Å². The number of hydrogen-bond acceptors (Lipinski definition) is 4. The Morgan fingerprint density at radius 3 is 2.48 bits per heavy atom. The third-order valence-electron chi connectivity index (χ3n) is 4.22. The van der Waals surface area contributed by atoms with Crippen molar-refractivity contribution in [3.63, 3.8) is 0 Å². The van der Waals surface area contributed by atoms with Crippen LogP contribution >= 0.6 is 0 Å². The lowest BCUT2D eigenvalue weighted by Gasteiger charge is -2.14. The van der Waals surface area contributed by atoms with E-state index < -0.39 is 17.9 Å². The lowest BCUT2D eigenvalue weighted by molar-refractivity contribution is -0.138. The summed E-state index contributed by atoms with van der Waals surface area (Å²) in [4.78, 5) is 36.7. The molecule has 2 N–H and O–H groups in total. The molecule has 1 unspecified atom stereocenters. The molecule has 1 aromatic heterocycles. The van der Waals surface area contributed by atoms with Crippen LogP contribution in [-0.2, 0) is 4.79 Å². The van der Waals surface area contributed by atoms with Gasteiger partial charge in [0.1, 0.15) is 11.8 Å². The Bertz CT molecular complexity index is 1090. The van der Waals surface area contributed by atoms with Crippen molar-refractivity contribution in [2.24, 2.45) is 0 Å². The molecule has 7 heteroatoms. The zero-order chi connectivity index (χ0) is 19.6. The highest BCUT2D eigenvalue weighted by atomic mass is 16.5. The summed E-state index contributed by atoms with van der Waals surface area (Å²) < 4.78 is 6.55. The summed E-state index contributed by atoms with van der Waals surface area (Å²) in [7, 11) is 1.52. The van der Waals surface area contributed by atoms with Gasteiger partial charge >= 0.3 is 5.97 Å². The quantitative estimate of drug-likeness (QED) is 0.721. The van der Waals surface area contributed by atoms with Gasteiger partial charge in [-0.3, -0.25) is 19.0 Å². The van der Waals surface area contributed by atoms with Crippen LogP contribution in [0.4, 0.5) is 0 Å². The summed E-state index contributed by atoms with van der Waals surface area (Å²) >= 11 is 0. The average molecular weight is 366 g/mol. The molecule has 0 bridgehead atoms. The van der Waals surface area contributed by atoms with Crippen LogP contribution in [-0.4, -0.2) is 34.7 Å². The zero-order valence-electron chi connectivity index (χ0n) is 14.8. The van der Waals surface area contributed by atoms with Gasteiger partial charge in [0.05, 0.1) is 18.4 Å². The number of fused-ring (bicyclic) bond motifs is 1. The molecule has 0 fully saturated rings. The van der Waals surface area contributed by atoms with Gasteiger partial charge in [0, 0.05) is 23.0 Å². The number of nitrogens with one attached hydrogen (secondary N) is 1. The first-order valence-electron chi connectivity index (χ1n) is 8.25. The number of pyridine rings is 1. The van der Waals surface area contributed by atoms with E-state index in [0.29, 0.717) is 22.2 Å². The van der Waals surface area contributed by atoms with Crippen LogP contribution in [0.1, 0.15) is 17.3 Å². The van der Waals surface area contributed by atoms with Gasteiger partial charge in [0.25, 0.3) is 11.5 Å². The molecular weight excluding hydrogens is 348 g/mol. The molecule has 1 heterocycles. The van der Waals surface area contributed by atoms with Gasteiger partial charge in [-0.15, -0.1) is 0 Å². The second-order valence-corrected chi connectivity index (χ2v) is 6.00. The van der Waals surface area contributed by atoms with Crippen LogP contribution in [0.5, 0.6) is 5.75 Å². The number of nitrogens with zero attached hydrogens (tertiary/aromatic N) is 1. The normalized spacial score (nSPS) is 11.8. The standard InChI is InChI=1S/C20H18N2O5/c1-12(20(25)26)21-18(23)17-11-22(13-6-5-7-14(10-13)27-2)19(24)16-9-4-3-8-15(16)17/h3-12H,1-2H3,(H,21,23)(H,25,26). The third kappa shape index (κ3) is 3.52. The summed E-state index contributed by atoms with van der Waals surface area (Å²) in [5.74, 6) is -1.15. The molecule has 0 aliphatic heterocycles. The lowest BCUT2D eigenvalue weighted by Crippen LogP contribution is -2.39. The fraction of sp³-hybridized carbons (Fsp3) is 0.150. The summed E-state index contributed by atoms with van der Waals surface area (Å²) in [6.45, 7) is 1.38. The Labute approximate surface area is 154 Å². The molecule has 0 spiro atoms. The van der Waals surface area contributed by atoms with E-state index in [2.05, 4.69) is 5.32 Å². The van der Waals surface area contributed by atoms with E-state index in [0.717, 1.165) is 0 Å². The van der Waals surface area contributed by atoms with Crippen molar-refractivity contribution in [1.29, 1.82) is 0 Å². The minimum atomic E-state index is -1.14. The largest absolute Gasteiger partial charge is 0.497 e. The maximum atomic E-state index is 12.9. The fourth-order valence-corrected chi connectivity index (χ4v) is 2.76. The number of hydrogen-bond donors (Lipinski definition) is 2. The van der Waals surface area contributed by atoms with Crippen LogP contribution in [0.25, 0.3) is 16.5 Å². The van der Waals surface area contributed by atoms with Crippen molar-refractivity contribution >= 4 is 22.6 Å². The highest BCUT2D eigenvalue weighted by Crippen LogP contribution is 2.20. The maximum Gasteiger partial charge on any atom is 0.325 e. The molecule has 1 amide bonds. The predicted molar refractivity (Wildman–Crippen MR) is 101 cm³/mol. The lowest BCUT2D eigenvalue weighted by atomic mass is 10.1. The van der Waals surface area contributed by atoms with E-state index in [-0.39, 0.29) is 11.1 Å². The number of benzene rings is 2. The molecule has 2 aromatic carbocycles. The van der Waals surface area contributed by atoms with Crippen molar-refractivity contribution in [1.82, 2.24) is 9.88 Å². The molecule has 3 rings (SSSR count). The van der Waals surface area contributed by atoms with Crippen molar-refractivity contribution in [2.75, 3.05) is 7.11 Å². The number of carboxylic acids is 1. The van der Waals surface area contributed by atoms with Crippen LogP contribution < -0.4 is 15.6 Å². The molecule has 7 nitrogen and oxygen atoms in total. The molecule has 27 heavy (non-hydrogen) atoms. The zero-order valence-corrected chi connectivity index (χ0v) is 14.8. The van der Waals surface area contributed by atoms with E-state index in [1.807, 2.05) is 0 Å². The second kappa shape index (κ2) is 7.33. The molecule has 0 saturated carbocycles. The first-order valence-corrected chi connectivity index (χ1v) is 8.25. The molecule has 0 saturated heterocycles. The third-order valence-corrected chi connectivity index (χ3v) is 4.22. The second-order valence-electron chi connectivity index (χ2n) is 6.00. The van der Waals surface area contributed by atoms with Gasteiger partial charge in [-0.2, -0.15) is 0 Å². The summed E-state index contributed by atoms with van der Waals surface area (Å²) in [6, 6.07) is 12.5. The van der Waals surface area contributed by atoms with Gasteiger partial charge in [-0.25, -0.2) is 0 Å². The summed E-state index contributed by atoms with van der Waals surface area (Å²) in [5, 5.41) is 12.3. The van der Waals surface area contributed by atoms with Gasteiger partial charge in [-0.05, 0) is 25.1 Å². The SMILES string of the molecule is COc1cccc(-n2cc(C(=O)NC(C)C(=O)O)c3ccccc3c2=O)c1. The van der Waals surface area contributed by atoms with Crippen LogP contribution in [0.2, 0.25) is 0 Å². The van der Waals surface area contributed by atoms with E-state index in [9.17, 15) is 14.4 Å². The Hall–Kier alpha value is -3.61. The molecule has 0 aliphatic carbocycles. The topological polar surface area (TPSA) is 97.6 Å². The number of carbonyl (C=O) groups is 2. The molecular formula is C20H18N2O5. The number of methoxy groups -OCH3 is 1. The first kappa shape index (κ1) is 18.2. The monoisotopic (exact) mass is 366 g/mol. The van der Waals surface area contributed by atoms with Crippen LogP contribution in [0.3, 0.4) is 0 Å². The van der Waals surface area contributed by atoms with Gasteiger partial charge in [-0.1, -0.05) is 24.3 Å². The highest BCUT2D eigenvalue weighted by molar-refractivity contribution is 6.07. The van der Waals surface area contributed by atoms with E-state index in [4.69, 9.17) is 9.84 Å². The van der Waals surface area contributed by atoms with Gasteiger partial charge in [0.15, 0.2) is 0 Å². The number of ether oxygens (including phenoxy) is 1. The molecule has 0 radical (unpaired) electrons. The van der Waals surface area contributed by atoms with E-state index >= 15 is 0 Å². The molecule has 1 atom stereocenters. The number of rotatable bonds is 5. The van der Waals surface area contributed by atoms with Crippen molar-refractivity contribution in [2.45, 2.75) is 13.0 Å².